The van der Waals surface area contributed by atoms with Gasteiger partial charge in [-0.3, -0.25) is 9.59 Å². The van der Waals surface area contributed by atoms with Crippen molar-refractivity contribution in [2.45, 2.75) is 12.8 Å². The molecule has 0 radical (unpaired) electrons. The fourth-order valence-corrected chi connectivity index (χ4v) is 4.79. The number of carbonyl (C=O) groups is 2. The molecule has 5 heteroatoms. The summed E-state index contributed by atoms with van der Waals surface area (Å²) in [6, 6.07) is 35.7. The first-order chi connectivity index (χ1) is 16.7. The van der Waals surface area contributed by atoms with E-state index in [9.17, 15) is 0 Å². The molecule has 0 spiro atoms. The van der Waals surface area contributed by atoms with Crippen LogP contribution < -0.4 is 0 Å². The molecule has 2 N–H and O–H groups in total. The third-order valence-electron chi connectivity index (χ3n) is 6.16. The van der Waals surface area contributed by atoms with Gasteiger partial charge in [-0.15, -0.1) is 78.5 Å². The van der Waals surface area contributed by atoms with Gasteiger partial charge in [0.05, 0.1) is 0 Å². The number of hydrogen-bond acceptors (Lipinski definition) is 2. The summed E-state index contributed by atoms with van der Waals surface area (Å²) in [5.41, 5.74) is 2.89. The molecule has 35 heavy (non-hydrogen) atoms. The van der Waals surface area contributed by atoms with Crippen LogP contribution in [0.15, 0.2) is 97.1 Å². The standard InChI is InChI=1S/C28H20.2CH2O2.Ti/c1-3-11-23-21(7-1)17-27-19(9-5-13-25(23)27)15-16-20-10-6-14-26-24-12-4-2-8-22(24)18-28(20)26;2*2-1-3;/h1-14,17-18H,15-16H2;2*1H,(H,2,3);/q-2;;;+2. The summed E-state index contributed by atoms with van der Waals surface area (Å²) in [6.45, 7) is -0.500. The molecule has 172 valence electrons. The van der Waals surface area contributed by atoms with Crippen molar-refractivity contribution in [2.75, 3.05) is 0 Å². The third kappa shape index (κ3) is 5.35. The first kappa shape index (κ1) is 25.9. The SMILES string of the molecule is O=CO.O=CO.[Ti+2].c1ccc2c(c1)[cH-]c1c(CCc3cccc4c3[cH-]c3ccccc34)cccc12. The van der Waals surface area contributed by atoms with E-state index in [-0.39, 0.29) is 34.7 Å². The minimum absolute atomic E-state index is 0. The molecule has 6 rings (SSSR count). The molecule has 0 aliphatic rings. The molecular formula is C30H24O4Ti. The second-order valence-electron chi connectivity index (χ2n) is 7.93. The summed E-state index contributed by atoms with van der Waals surface area (Å²) in [5, 5.41) is 24.8. The van der Waals surface area contributed by atoms with Gasteiger partial charge in [0.1, 0.15) is 0 Å². The molecule has 0 saturated heterocycles. The monoisotopic (exact) mass is 496 g/mol. The number of carboxylic acid groups (broad SMARTS) is 2. The summed E-state index contributed by atoms with van der Waals surface area (Å²) < 4.78 is 0. The van der Waals surface area contributed by atoms with Crippen LogP contribution >= 0.6 is 0 Å². The second-order valence-corrected chi connectivity index (χ2v) is 7.93. The molecule has 0 saturated carbocycles. The summed E-state index contributed by atoms with van der Waals surface area (Å²) in [4.78, 5) is 16.7. The molecule has 6 aromatic rings. The number of benzene rings is 4. The predicted octanol–water partition coefficient (Wildman–Crippen LogP) is 6.92. The zero-order valence-corrected chi connectivity index (χ0v) is 20.6. The van der Waals surface area contributed by atoms with Crippen LogP contribution in [0, 0.1) is 0 Å². The Morgan fingerprint density at radius 1 is 0.543 bits per heavy atom. The predicted molar refractivity (Wildman–Crippen MR) is 139 cm³/mol. The molecule has 0 bridgehead atoms. The molecule has 4 nitrogen and oxygen atoms in total. The van der Waals surface area contributed by atoms with Crippen LogP contribution in [-0.2, 0) is 44.1 Å². The Bertz CT molecular complexity index is 1460. The average Bonchev–Trinajstić information content (AvgIpc) is 3.43. The van der Waals surface area contributed by atoms with Gasteiger partial charge in [-0.2, -0.15) is 0 Å². The van der Waals surface area contributed by atoms with Gasteiger partial charge in [0.2, 0.25) is 0 Å². The van der Waals surface area contributed by atoms with Gasteiger partial charge in [0.25, 0.3) is 12.9 Å². The maximum absolute atomic E-state index is 8.36. The Balaban J connectivity index is 0.000000448. The number of rotatable bonds is 3. The van der Waals surface area contributed by atoms with E-state index >= 15 is 0 Å². The van der Waals surface area contributed by atoms with Gasteiger partial charge < -0.3 is 10.2 Å². The summed E-state index contributed by atoms with van der Waals surface area (Å²) >= 11 is 0. The van der Waals surface area contributed by atoms with Crippen molar-refractivity contribution in [1.82, 2.24) is 0 Å². The first-order valence-electron chi connectivity index (χ1n) is 11.0. The number of hydrogen-bond donors (Lipinski definition) is 2. The normalized spacial score (nSPS) is 10.2. The van der Waals surface area contributed by atoms with Gasteiger partial charge in [0.15, 0.2) is 0 Å². The quantitative estimate of drug-likeness (QED) is 0.158. The summed E-state index contributed by atoms with van der Waals surface area (Å²) in [6.07, 6.45) is 2.13. The van der Waals surface area contributed by atoms with E-state index in [1.165, 1.54) is 54.2 Å². The smallest absolute Gasteiger partial charge is 0.483 e. The number of aryl methyl sites for hydroxylation is 2. The first-order valence-corrected chi connectivity index (χ1v) is 11.0. The Kier molecular flexibility index (Phi) is 8.96. The largest absolute Gasteiger partial charge is 2.00 e. The average molecular weight is 496 g/mol. The summed E-state index contributed by atoms with van der Waals surface area (Å²) in [5.74, 6) is 0. The topological polar surface area (TPSA) is 74.6 Å². The van der Waals surface area contributed by atoms with Crippen LogP contribution in [0.2, 0.25) is 0 Å². The molecular weight excluding hydrogens is 472 g/mol. The van der Waals surface area contributed by atoms with Crippen molar-refractivity contribution in [3.05, 3.63) is 108 Å². The zero-order chi connectivity index (χ0) is 23.9. The summed E-state index contributed by atoms with van der Waals surface area (Å²) in [7, 11) is 0. The number of fused-ring (bicyclic) bond motifs is 6. The molecule has 0 unspecified atom stereocenters. The van der Waals surface area contributed by atoms with E-state index in [1.54, 1.807) is 0 Å². The minimum Gasteiger partial charge on any atom is -0.483 e. The Morgan fingerprint density at radius 3 is 1.29 bits per heavy atom. The van der Waals surface area contributed by atoms with E-state index in [1.807, 2.05) is 0 Å². The molecule has 6 aromatic carbocycles. The molecule has 0 atom stereocenters. The van der Waals surface area contributed by atoms with E-state index in [2.05, 4.69) is 97.1 Å². The van der Waals surface area contributed by atoms with Crippen LogP contribution in [0.3, 0.4) is 0 Å². The molecule has 0 heterocycles. The zero-order valence-electron chi connectivity index (χ0n) is 19.0. The van der Waals surface area contributed by atoms with Gasteiger partial charge in [0, 0.05) is 0 Å². The Labute approximate surface area is 218 Å². The van der Waals surface area contributed by atoms with Crippen LogP contribution in [0.4, 0.5) is 0 Å². The third-order valence-corrected chi connectivity index (χ3v) is 6.16. The van der Waals surface area contributed by atoms with Crippen molar-refractivity contribution in [3.63, 3.8) is 0 Å². The van der Waals surface area contributed by atoms with Crippen LogP contribution in [-0.4, -0.2) is 23.2 Å². The van der Waals surface area contributed by atoms with Crippen LogP contribution in [0.25, 0.3) is 43.1 Å². The van der Waals surface area contributed by atoms with Crippen molar-refractivity contribution >= 4 is 56.0 Å². The Hall–Kier alpha value is -3.73. The van der Waals surface area contributed by atoms with E-state index in [0.717, 1.165) is 12.8 Å². The molecule has 0 amide bonds. The van der Waals surface area contributed by atoms with Crippen molar-refractivity contribution in [2.24, 2.45) is 0 Å². The van der Waals surface area contributed by atoms with Gasteiger partial charge in [-0.1, -0.05) is 85.6 Å². The second kappa shape index (κ2) is 12.1. The van der Waals surface area contributed by atoms with Crippen LogP contribution in [0.1, 0.15) is 11.1 Å². The van der Waals surface area contributed by atoms with Crippen molar-refractivity contribution in [1.29, 1.82) is 0 Å². The maximum atomic E-state index is 8.36. The maximum Gasteiger partial charge on any atom is 2.00 e. The van der Waals surface area contributed by atoms with E-state index in [4.69, 9.17) is 19.8 Å². The van der Waals surface area contributed by atoms with E-state index < -0.39 is 0 Å². The molecule has 0 aromatic heterocycles. The molecule has 0 aliphatic carbocycles. The van der Waals surface area contributed by atoms with Gasteiger partial charge in [-0.25, -0.2) is 0 Å². The molecule has 0 aliphatic heterocycles. The fourth-order valence-electron chi connectivity index (χ4n) is 4.79. The minimum atomic E-state index is -0.250. The van der Waals surface area contributed by atoms with Crippen molar-refractivity contribution in [3.8, 4) is 0 Å². The van der Waals surface area contributed by atoms with E-state index in [0.29, 0.717) is 0 Å². The molecule has 0 fully saturated rings. The van der Waals surface area contributed by atoms with Gasteiger partial charge in [-0.05, 0) is 0 Å². The van der Waals surface area contributed by atoms with Crippen LogP contribution in [0.5, 0.6) is 0 Å². The fraction of sp³-hybridized carbons (Fsp3) is 0.0667. The van der Waals surface area contributed by atoms with Gasteiger partial charge >= 0.3 is 21.7 Å². The van der Waals surface area contributed by atoms with Crippen molar-refractivity contribution < 1.29 is 41.5 Å². The Morgan fingerprint density at radius 2 is 0.886 bits per heavy atom.